The van der Waals surface area contributed by atoms with E-state index in [9.17, 15) is 4.39 Å². The van der Waals surface area contributed by atoms with Gasteiger partial charge in [-0.1, -0.05) is 11.7 Å². The van der Waals surface area contributed by atoms with Gasteiger partial charge in [-0.3, -0.25) is 0 Å². The van der Waals surface area contributed by atoms with E-state index in [0.717, 1.165) is 0 Å². The summed E-state index contributed by atoms with van der Waals surface area (Å²) in [7, 11) is 0. The molecule has 0 bridgehead atoms. The molecule has 0 fully saturated rings. The minimum absolute atomic E-state index is 0.0390. The van der Waals surface area contributed by atoms with Crippen molar-refractivity contribution in [2.45, 2.75) is 13.1 Å². The number of alkyl halides is 1. The number of allylic oxidation sites excluding steroid dienone is 1. The molecule has 0 aliphatic heterocycles. The molecule has 0 saturated carbocycles. The van der Waals surface area contributed by atoms with Gasteiger partial charge in [-0.25, -0.2) is 4.39 Å². The van der Waals surface area contributed by atoms with Crippen LogP contribution >= 0.6 is 0 Å². The molecule has 0 aliphatic carbocycles. The first-order chi connectivity index (χ1) is 5.20. The summed E-state index contributed by atoms with van der Waals surface area (Å²) in [5.74, 6) is 0. The highest BCUT2D eigenvalue weighted by molar-refractivity contribution is 5.91. The molecule has 64 valence electrons. The lowest BCUT2D eigenvalue weighted by Crippen LogP contribution is -2.19. The van der Waals surface area contributed by atoms with Gasteiger partial charge in [-0.2, -0.15) is 0 Å². The van der Waals surface area contributed by atoms with Crippen LogP contribution < -0.4 is 5.73 Å². The Balaban J connectivity index is 3.47. The highest BCUT2D eigenvalue weighted by Gasteiger charge is 2.01. The van der Waals surface area contributed by atoms with Gasteiger partial charge in [0.05, 0.1) is 5.71 Å². The van der Waals surface area contributed by atoms with Crippen LogP contribution in [0.5, 0.6) is 0 Å². The molecule has 11 heavy (non-hydrogen) atoms. The Hall–Kier alpha value is -0.900. The van der Waals surface area contributed by atoms with Crippen molar-refractivity contribution in [3.05, 3.63) is 12.7 Å². The number of nitrogens with two attached hydrogens (primary N) is 1. The zero-order valence-corrected chi connectivity index (χ0v) is 6.59. The van der Waals surface area contributed by atoms with Gasteiger partial charge in [0.25, 0.3) is 0 Å². The summed E-state index contributed by atoms with van der Waals surface area (Å²) < 4.78 is 12.3. The van der Waals surface area contributed by atoms with Gasteiger partial charge in [0, 0.05) is 6.54 Å². The predicted octanol–water partition coefficient (Wildman–Crippen LogP) is 0.862. The Morgan fingerprint density at radius 1 is 1.91 bits per heavy atom. The van der Waals surface area contributed by atoms with Crippen LogP contribution in [-0.2, 0) is 4.84 Å². The van der Waals surface area contributed by atoms with Gasteiger partial charge in [0.2, 0.25) is 0 Å². The molecule has 4 heteroatoms. The molecule has 0 spiro atoms. The molecule has 0 rings (SSSR count). The molecule has 0 aromatic carbocycles. The fraction of sp³-hybridized carbons (Fsp3) is 0.571. The number of hydrogen-bond acceptors (Lipinski definition) is 3. The van der Waals surface area contributed by atoms with Crippen molar-refractivity contribution in [3.63, 3.8) is 0 Å². The summed E-state index contributed by atoms with van der Waals surface area (Å²) >= 11 is 0. The van der Waals surface area contributed by atoms with E-state index >= 15 is 0 Å². The summed E-state index contributed by atoms with van der Waals surface area (Å²) in [5.41, 5.74) is 5.62. The fourth-order valence-electron chi connectivity index (χ4n) is 0.325. The molecule has 1 unspecified atom stereocenters. The zero-order valence-electron chi connectivity index (χ0n) is 6.59. The van der Waals surface area contributed by atoms with Gasteiger partial charge in [0.1, 0.15) is 12.8 Å². The molecule has 0 saturated heterocycles. The number of nitrogens with zero attached hydrogens (tertiary/aromatic N) is 1. The van der Waals surface area contributed by atoms with Crippen LogP contribution in [0.15, 0.2) is 17.8 Å². The van der Waals surface area contributed by atoms with E-state index in [1.54, 1.807) is 6.92 Å². The van der Waals surface area contributed by atoms with Gasteiger partial charge in [-0.15, -0.1) is 0 Å². The van der Waals surface area contributed by atoms with E-state index in [2.05, 4.69) is 16.6 Å². The second kappa shape index (κ2) is 5.85. The first kappa shape index (κ1) is 10.1. The summed E-state index contributed by atoms with van der Waals surface area (Å²) in [6, 6.07) is 0. The SMILES string of the molecule is C=CC(C)=NOCC(F)CN. The number of halogens is 1. The Labute approximate surface area is 65.7 Å². The average Bonchev–Trinajstić information content (AvgIpc) is 2.04. The van der Waals surface area contributed by atoms with Crippen molar-refractivity contribution in [2.24, 2.45) is 10.9 Å². The fourth-order valence-corrected chi connectivity index (χ4v) is 0.325. The standard InChI is InChI=1S/C7H13FN2O/c1-3-6(2)10-11-5-7(8)4-9/h3,7H,1,4-5,9H2,2H3. The minimum atomic E-state index is -1.14. The summed E-state index contributed by atoms with van der Waals surface area (Å²) in [6.07, 6.45) is 0.381. The summed E-state index contributed by atoms with van der Waals surface area (Å²) in [4.78, 5) is 4.60. The van der Waals surface area contributed by atoms with Gasteiger partial charge >= 0.3 is 0 Å². The highest BCUT2D eigenvalue weighted by atomic mass is 19.1. The molecule has 0 aliphatic rings. The van der Waals surface area contributed by atoms with Crippen molar-refractivity contribution >= 4 is 5.71 Å². The molecule has 2 N–H and O–H groups in total. The van der Waals surface area contributed by atoms with E-state index in [1.807, 2.05) is 0 Å². The van der Waals surface area contributed by atoms with Crippen molar-refractivity contribution in [1.29, 1.82) is 0 Å². The van der Waals surface area contributed by atoms with Crippen LogP contribution in [0.3, 0.4) is 0 Å². The van der Waals surface area contributed by atoms with E-state index in [-0.39, 0.29) is 13.2 Å². The minimum Gasteiger partial charge on any atom is -0.392 e. The van der Waals surface area contributed by atoms with Crippen LogP contribution in [-0.4, -0.2) is 25.0 Å². The molecule has 0 amide bonds. The van der Waals surface area contributed by atoms with Crippen LogP contribution in [0.1, 0.15) is 6.92 Å². The van der Waals surface area contributed by atoms with Gasteiger partial charge < -0.3 is 10.6 Å². The smallest absolute Gasteiger partial charge is 0.149 e. The largest absolute Gasteiger partial charge is 0.392 e. The molecule has 0 aromatic rings. The maximum Gasteiger partial charge on any atom is 0.149 e. The van der Waals surface area contributed by atoms with E-state index in [0.29, 0.717) is 5.71 Å². The van der Waals surface area contributed by atoms with Crippen LogP contribution in [0.4, 0.5) is 4.39 Å². The van der Waals surface area contributed by atoms with E-state index < -0.39 is 6.17 Å². The third-order valence-electron chi connectivity index (χ3n) is 1.02. The van der Waals surface area contributed by atoms with Crippen molar-refractivity contribution in [2.75, 3.05) is 13.2 Å². The Morgan fingerprint density at radius 3 is 3.00 bits per heavy atom. The maximum atomic E-state index is 12.3. The number of rotatable bonds is 5. The number of oxime groups is 1. The van der Waals surface area contributed by atoms with Gasteiger partial charge in [-0.05, 0) is 13.0 Å². The molecular weight excluding hydrogens is 147 g/mol. The quantitative estimate of drug-likeness (QED) is 0.479. The highest BCUT2D eigenvalue weighted by Crippen LogP contribution is 1.90. The Bertz CT molecular complexity index is 147. The molecule has 0 heterocycles. The first-order valence-corrected chi connectivity index (χ1v) is 3.33. The lowest BCUT2D eigenvalue weighted by atomic mass is 10.4. The zero-order chi connectivity index (χ0) is 8.69. The molecule has 3 nitrogen and oxygen atoms in total. The summed E-state index contributed by atoms with van der Waals surface area (Å²) in [5, 5.41) is 3.53. The monoisotopic (exact) mass is 160 g/mol. The maximum absolute atomic E-state index is 12.3. The lowest BCUT2D eigenvalue weighted by molar-refractivity contribution is 0.0900. The normalized spacial score (nSPS) is 14.3. The summed E-state index contributed by atoms with van der Waals surface area (Å²) in [6.45, 7) is 5.03. The van der Waals surface area contributed by atoms with Crippen LogP contribution in [0.25, 0.3) is 0 Å². The Morgan fingerprint density at radius 2 is 2.55 bits per heavy atom. The third kappa shape index (κ3) is 5.54. The average molecular weight is 160 g/mol. The predicted molar refractivity (Wildman–Crippen MR) is 43.2 cm³/mol. The van der Waals surface area contributed by atoms with E-state index in [1.165, 1.54) is 6.08 Å². The van der Waals surface area contributed by atoms with Crippen molar-refractivity contribution < 1.29 is 9.23 Å². The van der Waals surface area contributed by atoms with Crippen LogP contribution in [0, 0.1) is 0 Å². The molecule has 0 radical (unpaired) electrons. The van der Waals surface area contributed by atoms with Crippen molar-refractivity contribution in [3.8, 4) is 0 Å². The first-order valence-electron chi connectivity index (χ1n) is 3.33. The molecule has 0 aromatic heterocycles. The molecule has 1 atom stereocenters. The van der Waals surface area contributed by atoms with E-state index in [4.69, 9.17) is 5.73 Å². The van der Waals surface area contributed by atoms with Crippen LogP contribution in [0.2, 0.25) is 0 Å². The van der Waals surface area contributed by atoms with Gasteiger partial charge in [0.15, 0.2) is 0 Å². The second-order valence-electron chi connectivity index (χ2n) is 2.07. The molecular formula is C7H13FN2O. The topological polar surface area (TPSA) is 47.6 Å². The lowest BCUT2D eigenvalue weighted by Gasteiger charge is -2.02. The Kier molecular flexibility index (Phi) is 5.37. The number of hydrogen-bond donors (Lipinski definition) is 1. The second-order valence-corrected chi connectivity index (χ2v) is 2.07. The third-order valence-corrected chi connectivity index (χ3v) is 1.02. The van der Waals surface area contributed by atoms with Crippen molar-refractivity contribution in [1.82, 2.24) is 0 Å².